The first-order valence-corrected chi connectivity index (χ1v) is 8.78. The first-order chi connectivity index (χ1) is 13.0. The molecule has 0 aliphatic heterocycles. The van der Waals surface area contributed by atoms with E-state index >= 15 is 0 Å². The van der Waals surface area contributed by atoms with Crippen LogP contribution in [0.25, 0.3) is 0 Å². The zero-order valence-electron chi connectivity index (χ0n) is 15.5. The van der Waals surface area contributed by atoms with Crippen LogP contribution >= 0.6 is 0 Å². The summed E-state index contributed by atoms with van der Waals surface area (Å²) in [6.45, 7) is 4.00. The van der Waals surface area contributed by atoms with E-state index in [0.717, 1.165) is 11.1 Å². The lowest BCUT2D eigenvalue weighted by molar-refractivity contribution is -0.124. The van der Waals surface area contributed by atoms with Crippen LogP contribution in [0.3, 0.4) is 0 Å². The predicted octanol–water partition coefficient (Wildman–Crippen LogP) is 2.40. The Morgan fingerprint density at radius 1 is 0.963 bits per heavy atom. The number of amides is 2. The van der Waals surface area contributed by atoms with Crippen LogP contribution in [0.15, 0.2) is 54.6 Å². The molecule has 6 nitrogen and oxygen atoms in total. The average molecular weight is 368 g/mol. The summed E-state index contributed by atoms with van der Waals surface area (Å²) in [6.07, 6.45) is 0. The smallest absolute Gasteiger partial charge is 0.338 e. The number of hydrogen-bond donors (Lipinski definition) is 2. The van der Waals surface area contributed by atoms with E-state index in [4.69, 9.17) is 4.74 Å². The Hall–Kier alpha value is -3.15. The number of nitrogens with one attached hydrogen (secondary N) is 2. The van der Waals surface area contributed by atoms with Crippen molar-refractivity contribution in [1.82, 2.24) is 10.6 Å². The summed E-state index contributed by atoms with van der Waals surface area (Å²) in [7, 11) is 0. The summed E-state index contributed by atoms with van der Waals surface area (Å²) in [4.78, 5) is 34.8. The molecule has 0 spiro atoms. The summed E-state index contributed by atoms with van der Waals surface area (Å²) in [5, 5.41) is 5.45. The van der Waals surface area contributed by atoms with E-state index in [1.165, 1.54) is 6.92 Å². The molecule has 2 amide bonds. The normalized spacial score (nSPS) is 11.3. The molecule has 27 heavy (non-hydrogen) atoms. The first-order valence-electron chi connectivity index (χ1n) is 8.78. The van der Waals surface area contributed by atoms with Gasteiger partial charge in [-0.05, 0) is 29.2 Å². The topological polar surface area (TPSA) is 84.5 Å². The molecule has 0 heterocycles. The lowest BCUT2D eigenvalue weighted by Crippen LogP contribution is -2.31. The van der Waals surface area contributed by atoms with Gasteiger partial charge in [-0.3, -0.25) is 9.59 Å². The highest BCUT2D eigenvalue weighted by molar-refractivity contribution is 5.91. The minimum Gasteiger partial charge on any atom is -0.452 e. The fourth-order valence-corrected chi connectivity index (χ4v) is 2.42. The Kier molecular flexibility index (Phi) is 7.55. The molecule has 2 aromatic rings. The number of benzene rings is 2. The minimum atomic E-state index is -0.563. The summed E-state index contributed by atoms with van der Waals surface area (Å²) in [6, 6.07) is 16.5. The first kappa shape index (κ1) is 20.2. The van der Waals surface area contributed by atoms with Crippen LogP contribution in [0, 0.1) is 0 Å². The van der Waals surface area contributed by atoms with Crippen LogP contribution < -0.4 is 10.6 Å². The van der Waals surface area contributed by atoms with Gasteiger partial charge in [0.25, 0.3) is 5.91 Å². The van der Waals surface area contributed by atoms with E-state index in [9.17, 15) is 14.4 Å². The van der Waals surface area contributed by atoms with Gasteiger partial charge >= 0.3 is 5.97 Å². The van der Waals surface area contributed by atoms with Crippen molar-refractivity contribution in [2.75, 3.05) is 13.2 Å². The van der Waals surface area contributed by atoms with Crippen molar-refractivity contribution in [2.24, 2.45) is 0 Å². The van der Waals surface area contributed by atoms with E-state index in [1.807, 2.05) is 37.3 Å². The summed E-state index contributed by atoms with van der Waals surface area (Å²) >= 11 is 0. The molecule has 0 aliphatic carbocycles. The molecule has 0 aromatic heterocycles. The molecule has 0 fully saturated rings. The van der Waals surface area contributed by atoms with Gasteiger partial charge in [0.05, 0.1) is 5.56 Å². The van der Waals surface area contributed by atoms with Crippen LogP contribution in [-0.4, -0.2) is 30.9 Å². The molecule has 1 unspecified atom stereocenters. The summed E-state index contributed by atoms with van der Waals surface area (Å²) < 4.78 is 5.05. The third-order valence-corrected chi connectivity index (χ3v) is 4.04. The quantitative estimate of drug-likeness (QED) is 0.701. The second-order valence-electron chi connectivity index (χ2n) is 6.30. The SMILES string of the molecule is CC(=O)NCc1ccc(C(=O)OCC(=O)NCC(C)c2ccccc2)cc1. The minimum absolute atomic E-state index is 0.119. The number of hydrogen-bond acceptors (Lipinski definition) is 4. The van der Waals surface area contributed by atoms with E-state index < -0.39 is 5.97 Å². The van der Waals surface area contributed by atoms with E-state index in [2.05, 4.69) is 10.6 Å². The van der Waals surface area contributed by atoms with Crippen LogP contribution in [-0.2, 0) is 20.9 Å². The maximum Gasteiger partial charge on any atom is 0.338 e. The predicted molar refractivity (Wildman–Crippen MR) is 102 cm³/mol. The summed E-state index contributed by atoms with van der Waals surface area (Å²) in [5.74, 6) is -0.853. The Labute approximate surface area is 158 Å². The lowest BCUT2D eigenvalue weighted by Gasteiger charge is -2.13. The fourth-order valence-electron chi connectivity index (χ4n) is 2.42. The highest BCUT2D eigenvalue weighted by Crippen LogP contribution is 2.13. The van der Waals surface area contributed by atoms with Crippen LogP contribution in [0.5, 0.6) is 0 Å². The number of carbonyl (C=O) groups is 3. The van der Waals surface area contributed by atoms with Crippen LogP contribution in [0.2, 0.25) is 0 Å². The van der Waals surface area contributed by atoms with Crippen molar-refractivity contribution in [3.63, 3.8) is 0 Å². The molecular weight excluding hydrogens is 344 g/mol. The molecule has 2 rings (SSSR count). The van der Waals surface area contributed by atoms with Gasteiger partial charge in [-0.2, -0.15) is 0 Å². The molecule has 142 valence electrons. The monoisotopic (exact) mass is 368 g/mol. The van der Waals surface area contributed by atoms with E-state index in [0.29, 0.717) is 18.7 Å². The van der Waals surface area contributed by atoms with Gasteiger partial charge in [0.1, 0.15) is 0 Å². The Morgan fingerprint density at radius 3 is 2.26 bits per heavy atom. The van der Waals surface area contributed by atoms with Gasteiger partial charge in [0, 0.05) is 20.0 Å². The molecule has 0 saturated carbocycles. The number of carbonyl (C=O) groups excluding carboxylic acids is 3. The second-order valence-corrected chi connectivity index (χ2v) is 6.30. The van der Waals surface area contributed by atoms with Crippen LogP contribution in [0.4, 0.5) is 0 Å². The zero-order valence-corrected chi connectivity index (χ0v) is 15.5. The Morgan fingerprint density at radius 2 is 1.63 bits per heavy atom. The van der Waals surface area contributed by atoms with Gasteiger partial charge in [0.15, 0.2) is 6.61 Å². The third-order valence-electron chi connectivity index (χ3n) is 4.04. The lowest BCUT2D eigenvalue weighted by atomic mass is 10.0. The van der Waals surface area contributed by atoms with Crippen molar-refractivity contribution in [3.05, 3.63) is 71.3 Å². The number of esters is 1. The molecule has 2 aromatic carbocycles. The van der Waals surface area contributed by atoms with E-state index in [-0.39, 0.29) is 24.3 Å². The van der Waals surface area contributed by atoms with Crippen molar-refractivity contribution in [1.29, 1.82) is 0 Å². The fraction of sp³-hybridized carbons (Fsp3) is 0.286. The molecule has 2 N–H and O–H groups in total. The van der Waals surface area contributed by atoms with Crippen molar-refractivity contribution in [3.8, 4) is 0 Å². The average Bonchev–Trinajstić information content (AvgIpc) is 2.69. The number of rotatable bonds is 8. The van der Waals surface area contributed by atoms with Crippen molar-refractivity contribution in [2.45, 2.75) is 26.3 Å². The standard InChI is InChI=1S/C21H24N2O4/c1-15(18-6-4-3-5-7-18)12-23-20(25)14-27-21(26)19-10-8-17(9-11-19)13-22-16(2)24/h3-11,15H,12-14H2,1-2H3,(H,22,24)(H,23,25). The molecule has 0 bridgehead atoms. The Balaban J connectivity index is 1.74. The highest BCUT2D eigenvalue weighted by atomic mass is 16.5. The molecule has 6 heteroatoms. The number of ether oxygens (including phenoxy) is 1. The maximum absolute atomic E-state index is 12.0. The van der Waals surface area contributed by atoms with Crippen molar-refractivity contribution < 1.29 is 19.1 Å². The van der Waals surface area contributed by atoms with Gasteiger partial charge < -0.3 is 15.4 Å². The van der Waals surface area contributed by atoms with E-state index in [1.54, 1.807) is 24.3 Å². The van der Waals surface area contributed by atoms with Crippen molar-refractivity contribution >= 4 is 17.8 Å². The molecular formula is C21H24N2O4. The molecule has 0 radical (unpaired) electrons. The highest BCUT2D eigenvalue weighted by Gasteiger charge is 2.12. The molecule has 0 aliphatic rings. The zero-order chi connectivity index (χ0) is 19.6. The van der Waals surface area contributed by atoms with Gasteiger partial charge in [-0.1, -0.05) is 49.4 Å². The second kappa shape index (κ2) is 10.1. The van der Waals surface area contributed by atoms with Gasteiger partial charge in [-0.15, -0.1) is 0 Å². The Bertz CT molecular complexity index is 773. The molecule has 0 saturated heterocycles. The summed E-state index contributed by atoms with van der Waals surface area (Å²) in [5.41, 5.74) is 2.36. The largest absolute Gasteiger partial charge is 0.452 e. The van der Waals surface area contributed by atoms with Gasteiger partial charge in [0.2, 0.25) is 5.91 Å². The van der Waals surface area contributed by atoms with Gasteiger partial charge in [-0.25, -0.2) is 4.79 Å². The third kappa shape index (κ3) is 6.93. The molecule has 1 atom stereocenters. The van der Waals surface area contributed by atoms with Crippen LogP contribution in [0.1, 0.15) is 41.3 Å². The maximum atomic E-state index is 12.0.